The van der Waals surface area contributed by atoms with Crippen LogP contribution in [0.1, 0.15) is 37.8 Å². The van der Waals surface area contributed by atoms with E-state index in [4.69, 9.17) is 10.5 Å². The van der Waals surface area contributed by atoms with Gasteiger partial charge < -0.3 is 10.5 Å². The molecular formula is C14H20F3NOS. The predicted molar refractivity (Wildman–Crippen MR) is 75.7 cm³/mol. The van der Waals surface area contributed by atoms with Crippen LogP contribution < -0.4 is 5.73 Å². The van der Waals surface area contributed by atoms with Gasteiger partial charge in [0.2, 0.25) is 0 Å². The zero-order valence-electron chi connectivity index (χ0n) is 11.8. The number of hydrogen-bond acceptors (Lipinski definition) is 3. The van der Waals surface area contributed by atoms with E-state index in [9.17, 15) is 13.2 Å². The van der Waals surface area contributed by atoms with Crippen molar-refractivity contribution in [3.63, 3.8) is 0 Å². The van der Waals surface area contributed by atoms with E-state index in [0.717, 1.165) is 11.1 Å². The molecule has 0 fully saturated rings. The van der Waals surface area contributed by atoms with E-state index in [1.807, 2.05) is 26.8 Å². The molecule has 2 nitrogen and oxygen atoms in total. The van der Waals surface area contributed by atoms with Gasteiger partial charge in [-0.2, -0.15) is 13.2 Å². The van der Waals surface area contributed by atoms with Crippen LogP contribution in [0.3, 0.4) is 0 Å². The van der Waals surface area contributed by atoms with Crippen molar-refractivity contribution in [2.24, 2.45) is 5.73 Å². The van der Waals surface area contributed by atoms with E-state index < -0.39 is 5.51 Å². The molecule has 0 aliphatic carbocycles. The first kappa shape index (κ1) is 17.3. The van der Waals surface area contributed by atoms with Crippen LogP contribution in [-0.4, -0.2) is 18.2 Å². The predicted octanol–water partition coefficient (Wildman–Crippen LogP) is 4.29. The molecule has 0 amide bonds. The van der Waals surface area contributed by atoms with Gasteiger partial charge in [0.1, 0.15) is 0 Å². The molecule has 20 heavy (non-hydrogen) atoms. The monoisotopic (exact) mass is 307 g/mol. The molecule has 1 atom stereocenters. The Balaban J connectivity index is 2.93. The maximum absolute atomic E-state index is 12.5. The Morgan fingerprint density at radius 1 is 1.20 bits per heavy atom. The van der Waals surface area contributed by atoms with E-state index in [1.165, 1.54) is 6.07 Å². The highest BCUT2D eigenvalue weighted by atomic mass is 32.2. The first-order chi connectivity index (χ1) is 9.21. The van der Waals surface area contributed by atoms with Gasteiger partial charge in [-0.1, -0.05) is 19.9 Å². The lowest BCUT2D eigenvalue weighted by molar-refractivity contribution is -0.0328. The lowest BCUT2D eigenvalue weighted by Crippen LogP contribution is -2.19. The second-order valence-corrected chi connectivity index (χ2v) is 6.11. The van der Waals surface area contributed by atoms with E-state index in [1.54, 1.807) is 6.07 Å². The summed E-state index contributed by atoms with van der Waals surface area (Å²) in [5.74, 6) is 0.162. The van der Waals surface area contributed by atoms with Crippen LogP contribution in [0.15, 0.2) is 23.1 Å². The van der Waals surface area contributed by atoms with Crippen LogP contribution in [0, 0.1) is 0 Å². The molecule has 114 valence electrons. The van der Waals surface area contributed by atoms with Gasteiger partial charge in [0, 0.05) is 11.4 Å². The van der Waals surface area contributed by atoms with Crippen LogP contribution >= 0.6 is 11.8 Å². The maximum atomic E-state index is 12.5. The van der Waals surface area contributed by atoms with Gasteiger partial charge in [0.05, 0.1) is 12.7 Å². The Labute approximate surface area is 121 Å². The number of rotatable bonds is 6. The fourth-order valence-electron chi connectivity index (χ4n) is 1.60. The van der Waals surface area contributed by atoms with Gasteiger partial charge in [-0.15, -0.1) is 0 Å². The van der Waals surface area contributed by atoms with Crippen LogP contribution in [0.4, 0.5) is 13.2 Å². The second-order valence-electron chi connectivity index (χ2n) is 4.97. The van der Waals surface area contributed by atoms with Crippen molar-refractivity contribution in [2.75, 3.05) is 6.54 Å². The lowest BCUT2D eigenvalue weighted by atomic mass is 10.0. The summed E-state index contributed by atoms with van der Waals surface area (Å²) in [6.45, 7) is 6.38. The molecule has 6 heteroatoms. The first-order valence-electron chi connectivity index (χ1n) is 6.42. The summed E-state index contributed by atoms with van der Waals surface area (Å²) in [5.41, 5.74) is 2.78. The molecule has 0 saturated carbocycles. The standard InChI is InChI=1S/C14H20F3NOS/c1-9(2)12-4-11(8-19-10(3)7-18)5-13(6-12)20-14(15,16)17/h4-6,9-10H,7-8,18H2,1-3H3/t10-/m0/s1. The maximum Gasteiger partial charge on any atom is 0.446 e. The molecule has 0 radical (unpaired) electrons. The summed E-state index contributed by atoms with van der Waals surface area (Å²) < 4.78 is 43.0. The fourth-order valence-corrected chi connectivity index (χ4v) is 2.27. The number of nitrogens with two attached hydrogens (primary N) is 1. The van der Waals surface area contributed by atoms with Gasteiger partial charge in [-0.3, -0.25) is 0 Å². The Bertz CT molecular complexity index is 435. The van der Waals surface area contributed by atoms with Gasteiger partial charge >= 0.3 is 5.51 Å². The minimum Gasteiger partial charge on any atom is -0.373 e. The largest absolute Gasteiger partial charge is 0.446 e. The average Bonchev–Trinajstić information content (AvgIpc) is 2.33. The van der Waals surface area contributed by atoms with Gasteiger partial charge in [-0.05, 0) is 47.9 Å². The highest BCUT2D eigenvalue weighted by molar-refractivity contribution is 8.00. The Morgan fingerprint density at radius 3 is 2.35 bits per heavy atom. The molecule has 0 aliphatic rings. The molecule has 0 heterocycles. The minimum atomic E-state index is -4.28. The second kappa shape index (κ2) is 7.33. The summed E-state index contributed by atoms with van der Waals surface area (Å²) in [6.07, 6.45) is -0.114. The van der Waals surface area contributed by atoms with Crippen molar-refractivity contribution >= 4 is 11.8 Å². The normalized spacial score (nSPS) is 13.8. The molecule has 0 bridgehead atoms. The van der Waals surface area contributed by atoms with Gasteiger partial charge in [0.25, 0.3) is 0 Å². The third-order valence-corrected chi connectivity index (χ3v) is 3.46. The molecular weight excluding hydrogens is 287 g/mol. The molecule has 0 spiro atoms. The van der Waals surface area contributed by atoms with Crippen LogP contribution in [0.25, 0.3) is 0 Å². The van der Waals surface area contributed by atoms with E-state index in [-0.39, 0.29) is 35.3 Å². The van der Waals surface area contributed by atoms with Crippen molar-refractivity contribution in [2.45, 2.75) is 49.8 Å². The Hall–Kier alpha value is -0.720. The van der Waals surface area contributed by atoms with Crippen LogP contribution in [0.5, 0.6) is 0 Å². The minimum absolute atomic E-state index is 0.0938. The molecule has 0 saturated heterocycles. The quantitative estimate of drug-likeness (QED) is 0.796. The highest BCUT2D eigenvalue weighted by Crippen LogP contribution is 2.38. The number of hydrogen-bond donors (Lipinski definition) is 1. The third kappa shape index (κ3) is 6.15. The number of thioether (sulfide) groups is 1. The van der Waals surface area contributed by atoms with E-state index in [2.05, 4.69) is 0 Å². The van der Waals surface area contributed by atoms with Crippen molar-refractivity contribution < 1.29 is 17.9 Å². The molecule has 2 N–H and O–H groups in total. The van der Waals surface area contributed by atoms with Gasteiger partial charge in [0.15, 0.2) is 0 Å². The zero-order valence-corrected chi connectivity index (χ0v) is 12.6. The Kier molecular flexibility index (Phi) is 6.36. The summed E-state index contributed by atoms with van der Waals surface area (Å²) in [6, 6.07) is 4.99. The molecule has 1 aromatic rings. The molecule has 0 aliphatic heterocycles. The first-order valence-corrected chi connectivity index (χ1v) is 7.24. The van der Waals surface area contributed by atoms with Crippen molar-refractivity contribution in [1.82, 2.24) is 0 Å². The number of alkyl halides is 3. The summed E-state index contributed by atoms with van der Waals surface area (Å²) in [5, 5.41) is 0. The SMILES string of the molecule is CC(C)c1cc(CO[C@@H](C)CN)cc(SC(F)(F)F)c1. The van der Waals surface area contributed by atoms with Crippen LogP contribution in [0.2, 0.25) is 0 Å². The van der Waals surface area contributed by atoms with Crippen molar-refractivity contribution in [1.29, 1.82) is 0 Å². The number of halogens is 3. The smallest absolute Gasteiger partial charge is 0.373 e. The summed E-state index contributed by atoms with van der Waals surface area (Å²) in [7, 11) is 0. The summed E-state index contributed by atoms with van der Waals surface area (Å²) >= 11 is -0.0938. The summed E-state index contributed by atoms with van der Waals surface area (Å²) in [4.78, 5) is 0.197. The van der Waals surface area contributed by atoms with Crippen LogP contribution in [-0.2, 0) is 11.3 Å². The highest BCUT2D eigenvalue weighted by Gasteiger charge is 2.29. The van der Waals surface area contributed by atoms with Gasteiger partial charge in [-0.25, -0.2) is 0 Å². The van der Waals surface area contributed by atoms with E-state index in [0.29, 0.717) is 6.54 Å². The zero-order chi connectivity index (χ0) is 15.3. The Morgan fingerprint density at radius 2 is 1.85 bits per heavy atom. The molecule has 0 unspecified atom stereocenters. The average molecular weight is 307 g/mol. The third-order valence-electron chi connectivity index (χ3n) is 2.76. The fraction of sp³-hybridized carbons (Fsp3) is 0.571. The molecule has 0 aromatic heterocycles. The van der Waals surface area contributed by atoms with Crippen molar-refractivity contribution in [3.8, 4) is 0 Å². The topological polar surface area (TPSA) is 35.2 Å². The number of benzene rings is 1. The van der Waals surface area contributed by atoms with E-state index >= 15 is 0 Å². The number of ether oxygens (including phenoxy) is 1. The molecule has 1 rings (SSSR count). The van der Waals surface area contributed by atoms with Crippen molar-refractivity contribution in [3.05, 3.63) is 29.3 Å². The molecule has 1 aromatic carbocycles. The lowest BCUT2D eigenvalue weighted by Gasteiger charge is -2.15.